The Morgan fingerprint density at radius 1 is 1.25 bits per heavy atom. The second-order valence-corrected chi connectivity index (χ2v) is 5.88. The SMILES string of the molecule is N#CCOc1ccc(C2=NO[C@@H]3[C@@H]4CC[C@H](C4)[C@H]23)cc1. The Kier molecular flexibility index (Phi) is 2.66. The van der Waals surface area contributed by atoms with E-state index < -0.39 is 0 Å². The van der Waals surface area contributed by atoms with Crippen LogP contribution in [0.1, 0.15) is 24.8 Å². The van der Waals surface area contributed by atoms with Crippen molar-refractivity contribution in [3.05, 3.63) is 29.8 Å². The molecule has 20 heavy (non-hydrogen) atoms. The van der Waals surface area contributed by atoms with Gasteiger partial charge in [-0.15, -0.1) is 0 Å². The summed E-state index contributed by atoms with van der Waals surface area (Å²) >= 11 is 0. The van der Waals surface area contributed by atoms with Gasteiger partial charge in [0.1, 0.15) is 17.9 Å². The summed E-state index contributed by atoms with van der Waals surface area (Å²) in [5.74, 6) is 2.67. The molecule has 0 aromatic heterocycles. The van der Waals surface area contributed by atoms with Crippen molar-refractivity contribution in [2.75, 3.05) is 6.61 Å². The van der Waals surface area contributed by atoms with E-state index in [0.29, 0.717) is 17.9 Å². The van der Waals surface area contributed by atoms with Gasteiger partial charge in [0, 0.05) is 11.5 Å². The van der Waals surface area contributed by atoms with E-state index >= 15 is 0 Å². The highest BCUT2D eigenvalue weighted by Crippen LogP contribution is 2.53. The van der Waals surface area contributed by atoms with Crippen molar-refractivity contribution >= 4 is 5.71 Å². The summed E-state index contributed by atoms with van der Waals surface area (Å²) in [5.41, 5.74) is 2.23. The summed E-state index contributed by atoms with van der Waals surface area (Å²) in [6.07, 6.45) is 4.24. The van der Waals surface area contributed by atoms with Crippen molar-refractivity contribution in [2.45, 2.75) is 25.4 Å². The van der Waals surface area contributed by atoms with Crippen LogP contribution in [-0.4, -0.2) is 18.4 Å². The van der Waals surface area contributed by atoms with Crippen molar-refractivity contribution < 1.29 is 9.57 Å². The smallest absolute Gasteiger partial charge is 0.174 e. The van der Waals surface area contributed by atoms with Gasteiger partial charge in [-0.05, 0) is 55.4 Å². The fourth-order valence-electron chi connectivity index (χ4n) is 4.03. The zero-order chi connectivity index (χ0) is 13.5. The molecule has 2 aliphatic carbocycles. The molecule has 0 N–H and O–H groups in total. The van der Waals surface area contributed by atoms with Gasteiger partial charge in [-0.3, -0.25) is 0 Å². The fourth-order valence-corrected chi connectivity index (χ4v) is 4.03. The van der Waals surface area contributed by atoms with Crippen molar-refractivity contribution in [2.24, 2.45) is 22.9 Å². The molecule has 0 radical (unpaired) electrons. The molecule has 1 aromatic rings. The third-order valence-electron chi connectivity index (χ3n) is 4.88. The number of benzene rings is 1. The number of rotatable bonds is 3. The van der Waals surface area contributed by atoms with Crippen molar-refractivity contribution in [3.63, 3.8) is 0 Å². The van der Waals surface area contributed by atoms with E-state index in [4.69, 9.17) is 14.8 Å². The van der Waals surface area contributed by atoms with Gasteiger partial charge in [-0.1, -0.05) is 5.16 Å². The lowest BCUT2D eigenvalue weighted by molar-refractivity contribution is 0.0275. The largest absolute Gasteiger partial charge is 0.479 e. The van der Waals surface area contributed by atoms with E-state index in [9.17, 15) is 0 Å². The number of hydrogen-bond donors (Lipinski definition) is 0. The maximum Gasteiger partial charge on any atom is 0.174 e. The van der Waals surface area contributed by atoms with Crippen molar-refractivity contribution in [3.8, 4) is 11.8 Å². The van der Waals surface area contributed by atoms with Crippen LogP contribution in [0.25, 0.3) is 0 Å². The maximum absolute atomic E-state index is 8.51. The average Bonchev–Trinajstić information content (AvgIpc) is 3.18. The molecule has 2 bridgehead atoms. The summed E-state index contributed by atoms with van der Waals surface area (Å²) in [7, 11) is 0. The van der Waals surface area contributed by atoms with Gasteiger partial charge in [0.25, 0.3) is 0 Å². The van der Waals surface area contributed by atoms with E-state index in [0.717, 1.165) is 22.9 Å². The van der Waals surface area contributed by atoms with Gasteiger partial charge < -0.3 is 9.57 Å². The predicted octanol–water partition coefficient (Wildman–Crippen LogP) is 2.74. The Labute approximate surface area is 118 Å². The van der Waals surface area contributed by atoms with E-state index in [-0.39, 0.29) is 6.61 Å². The zero-order valence-corrected chi connectivity index (χ0v) is 11.2. The molecule has 102 valence electrons. The van der Waals surface area contributed by atoms with Crippen molar-refractivity contribution in [1.29, 1.82) is 5.26 Å². The molecule has 4 rings (SSSR count). The maximum atomic E-state index is 8.51. The lowest BCUT2D eigenvalue weighted by Crippen LogP contribution is -2.29. The highest BCUT2D eigenvalue weighted by atomic mass is 16.6. The van der Waals surface area contributed by atoms with Crippen LogP contribution in [0, 0.1) is 29.1 Å². The zero-order valence-electron chi connectivity index (χ0n) is 11.2. The average molecular weight is 268 g/mol. The van der Waals surface area contributed by atoms with Gasteiger partial charge in [0.2, 0.25) is 0 Å². The molecule has 4 heteroatoms. The topological polar surface area (TPSA) is 54.6 Å². The lowest BCUT2D eigenvalue weighted by Gasteiger charge is -2.23. The Balaban J connectivity index is 1.55. The second-order valence-electron chi connectivity index (χ2n) is 5.88. The molecule has 2 saturated carbocycles. The Morgan fingerprint density at radius 3 is 2.85 bits per heavy atom. The van der Waals surface area contributed by atoms with Crippen LogP contribution < -0.4 is 4.74 Å². The molecular formula is C16H16N2O2. The summed E-state index contributed by atoms with van der Waals surface area (Å²) in [6, 6.07) is 9.80. The first kappa shape index (κ1) is 11.8. The third-order valence-corrected chi connectivity index (χ3v) is 4.88. The highest BCUT2D eigenvalue weighted by molar-refractivity contribution is 6.03. The minimum Gasteiger partial charge on any atom is -0.479 e. The Hall–Kier alpha value is -2.02. The van der Waals surface area contributed by atoms with E-state index in [2.05, 4.69) is 5.16 Å². The number of nitrogens with zero attached hydrogens (tertiary/aromatic N) is 2. The molecule has 2 fully saturated rings. The Morgan fingerprint density at radius 2 is 2.05 bits per heavy atom. The number of hydrogen-bond acceptors (Lipinski definition) is 4. The van der Waals surface area contributed by atoms with Gasteiger partial charge >= 0.3 is 0 Å². The molecule has 0 spiro atoms. The van der Waals surface area contributed by atoms with Crippen LogP contribution in [0.3, 0.4) is 0 Å². The predicted molar refractivity (Wildman–Crippen MR) is 73.3 cm³/mol. The first-order valence-corrected chi connectivity index (χ1v) is 7.20. The van der Waals surface area contributed by atoms with Gasteiger partial charge in [-0.25, -0.2) is 0 Å². The van der Waals surface area contributed by atoms with Crippen molar-refractivity contribution in [1.82, 2.24) is 0 Å². The fraction of sp³-hybridized carbons (Fsp3) is 0.500. The van der Waals surface area contributed by atoms with Gasteiger partial charge in [0.05, 0.1) is 5.71 Å². The molecule has 4 nitrogen and oxygen atoms in total. The quantitative estimate of drug-likeness (QED) is 0.847. The monoisotopic (exact) mass is 268 g/mol. The Bertz CT molecular complexity index is 587. The summed E-state index contributed by atoms with van der Waals surface area (Å²) in [6.45, 7) is 0.0812. The van der Waals surface area contributed by atoms with Crippen LogP contribution in [0.5, 0.6) is 5.75 Å². The molecule has 0 amide bonds. The number of nitriles is 1. The minimum absolute atomic E-state index is 0.0812. The molecule has 0 unspecified atom stereocenters. The first-order valence-electron chi connectivity index (χ1n) is 7.20. The molecule has 0 saturated heterocycles. The van der Waals surface area contributed by atoms with Crippen LogP contribution in [0.2, 0.25) is 0 Å². The molecular weight excluding hydrogens is 252 g/mol. The molecule has 3 aliphatic rings. The first-order chi connectivity index (χ1) is 9.86. The van der Waals surface area contributed by atoms with Gasteiger partial charge in [0.15, 0.2) is 6.61 Å². The van der Waals surface area contributed by atoms with E-state index in [1.165, 1.54) is 19.3 Å². The summed E-state index contributed by atoms with van der Waals surface area (Å²) < 4.78 is 5.28. The summed E-state index contributed by atoms with van der Waals surface area (Å²) in [5, 5.41) is 12.9. The number of ether oxygens (including phenoxy) is 1. The van der Waals surface area contributed by atoms with Crippen LogP contribution in [-0.2, 0) is 4.84 Å². The number of oxime groups is 1. The van der Waals surface area contributed by atoms with Crippen LogP contribution in [0.15, 0.2) is 29.4 Å². The molecule has 1 aromatic carbocycles. The normalized spacial score (nSPS) is 33.2. The second kappa shape index (κ2) is 4.52. The van der Waals surface area contributed by atoms with Crippen LogP contribution >= 0.6 is 0 Å². The molecule has 4 atom stereocenters. The summed E-state index contributed by atoms with van der Waals surface area (Å²) in [4.78, 5) is 5.69. The minimum atomic E-state index is 0.0812. The van der Waals surface area contributed by atoms with Gasteiger partial charge in [-0.2, -0.15) is 5.26 Å². The number of fused-ring (bicyclic) bond motifs is 5. The third kappa shape index (κ3) is 1.70. The van der Waals surface area contributed by atoms with E-state index in [1.807, 2.05) is 30.3 Å². The molecule has 1 aliphatic heterocycles. The highest BCUT2D eigenvalue weighted by Gasteiger charge is 2.54. The van der Waals surface area contributed by atoms with E-state index in [1.54, 1.807) is 0 Å². The van der Waals surface area contributed by atoms with Crippen LogP contribution in [0.4, 0.5) is 0 Å². The molecule has 1 heterocycles. The lowest BCUT2D eigenvalue weighted by atomic mass is 9.81. The standard InChI is InChI=1S/C16H16N2O2/c17-7-8-19-13-5-3-10(4-6-13)15-14-11-1-2-12(9-11)16(14)20-18-15/h3-6,11-12,14,16H,1-2,8-9H2/t11-,12-,14-,16-/m1/s1.